The van der Waals surface area contributed by atoms with Gasteiger partial charge in [0.25, 0.3) is 0 Å². The van der Waals surface area contributed by atoms with Crippen molar-refractivity contribution in [2.24, 2.45) is 22.4 Å². The smallest absolute Gasteiger partial charge is 0.220 e. The van der Waals surface area contributed by atoms with Gasteiger partial charge in [-0.3, -0.25) is 14.6 Å². The van der Waals surface area contributed by atoms with Crippen molar-refractivity contribution in [3.63, 3.8) is 0 Å². The van der Waals surface area contributed by atoms with Gasteiger partial charge in [-0.15, -0.1) is 11.8 Å². The SMILES string of the molecule is C=CC=O.C=Nc1ccc(C(C)C)cc1SCCCC(=O)NC(CNC)CC1CCCCC1.C=O.CN.CN. The summed E-state index contributed by atoms with van der Waals surface area (Å²) in [5.74, 6) is 2.36. The summed E-state index contributed by atoms with van der Waals surface area (Å²) in [5.41, 5.74) is 11.3. The maximum absolute atomic E-state index is 12.5. The zero-order valence-electron chi connectivity index (χ0n) is 25.0. The molecule has 0 saturated heterocycles. The number of amides is 1. The van der Waals surface area contributed by atoms with E-state index in [4.69, 9.17) is 9.59 Å². The molecule has 1 atom stereocenters. The molecule has 0 heterocycles. The number of carbonyl (C=O) groups excluding carboxylic acids is 3. The lowest BCUT2D eigenvalue weighted by atomic mass is 9.85. The first-order valence-electron chi connectivity index (χ1n) is 13.6. The van der Waals surface area contributed by atoms with Crippen LogP contribution in [0.5, 0.6) is 0 Å². The van der Waals surface area contributed by atoms with Crippen molar-refractivity contribution in [2.75, 3.05) is 33.4 Å². The number of nitrogens with two attached hydrogens (primary N) is 2. The van der Waals surface area contributed by atoms with Gasteiger partial charge in [0.2, 0.25) is 5.91 Å². The average Bonchev–Trinajstić information content (AvgIpc) is 2.99. The maximum Gasteiger partial charge on any atom is 0.220 e. The summed E-state index contributed by atoms with van der Waals surface area (Å²) in [4.78, 5) is 34.8. The number of thioether (sulfide) groups is 1. The van der Waals surface area contributed by atoms with Gasteiger partial charge < -0.3 is 26.9 Å². The number of aliphatic imine (C=N–C) groups is 1. The molecular weight excluding hydrogens is 510 g/mol. The zero-order valence-corrected chi connectivity index (χ0v) is 25.9. The number of hydrogen-bond acceptors (Lipinski definition) is 8. The lowest BCUT2D eigenvalue weighted by Gasteiger charge is -2.27. The van der Waals surface area contributed by atoms with Gasteiger partial charge >= 0.3 is 0 Å². The molecule has 9 heteroatoms. The molecule has 6 N–H and O–H groups in total. The molecule has 1 aliphatic carbocycles. The Kier molecular flexibility index (Phi) is 31.9. The molecule has 0 aromatic heterocycles. The largest absolute Gasteiger partial charge is 0.352 e. The number of nitrogens with zero attached hydrogens (tertiary/aromatic N) is 1. The van der Waals surface area contributed by atoms with Gasteiger partial charge in [-0.2, -0.15) is 0 Å². The van der Waals surface area contributed by atoms with Gasteiger partial charge in [0.1, 0.15) is 13.1 Å². The summed E-state index contributed by atoms with van der Waals surface area (Å²) in [6, 6.07) is 6.64. The summed E-state index contributed by atoms with van der Waals surface area (Å²) in [5, 5.41) is 6.51. The van der Waals surface area contributed by atoms with Crippen LogP contribution in [0.3, 0.4) is 0 Å². The zero-order chi connectivity index (χ0) is 30.5. The van der Waals surface area contributed by atoms with Crippen LogP contribution >= 0.6 is 11.8 Å². The Hall–Kier alpha value is -2.33. The molecule has 1 aliphatic rings. The van der Waals surface area contributed by atoms with Crippen LogP contribution < -0.4 is 22.1 Å². The minimum atomic E-state index is 0.180. The summed E-state index contributed by atoms with van der Waals surface area (Å²) in [7, 11) is 4.97. The molecule has 1 saturated carbocycles. The molecule has 0 spiro atoms. The standard InChI is InChI=1S/C24H39N3OS.C3H4O.2CH5N.CH2O/c1-18(2)20-12-13-22(26-4)23(16-20)29-14-8-11-24(28)27-21(17-25-3)15-19-9-6-5-7-10-19;1-2-3-4;3*1-2/h12-13,16,18-19,21,25H,4-11,14-15,17H2,1-3H3,(H,27,28);2-3H,1H2;2*2H2,1H3;1H2. The first kappa shape index (κ1) is 41.2. The van der Waals surface area contributed by atoms with Crippen LogP contribution in [0.15, 0.2) is 40.7 Å². The maximum atomic E-state index is 12.5. The van der Waals surface area contributed by atoms with E-state index < -0.39 is 0 Å². The fourth-order valence-corrected chi connectivity index (χ4v) is 5.12. The molecule has 39 heavy (non-hydrogen) atoms. The van der Waals surface area contributed by atoms with E-state index >= 15 is 0 Å². The normalized spacial score (nSPS) is 12.8. The molecule has 1 aromatic rings. The third-order valence-electron chi connectivity index (χ3n) is 5.88. The fraction of sp³-hybridized carbons (Fsp3) is 0.600. The van der Waals surface area contributed by atoms with Crippen molar-refractivity contribution < 1.29 is 14.4 Å². The Morgan fingerprint density at radius 3 is 2.23 bits per heavy atom. The molecule has 0 aliphatic heterocycles. The lowest BCUT2D eigenvalue weighted by Crippen LogP contribution is -2.42. The Morgan fingerprint density at radius 1 is 1.15 bits per heavy atom. The third kappa shape index (κ3) is 21.2. The van der Waals surface area contributed by atoms with Crippen molar-refractivity contribution >= 4 is 43.1 Å². The van der Waals surface area contributed by atoms with Crippen LogP contribution in [0.1, 0.15) is 76.7 Å². The fourth-order valence-electron chi connectivity index (χ4n) is 4.12. The van der Waals surface area contributed by atoms with Gasteiger partial charge in [-0.1, -0.05) is 58.6 Å². The summed E-state index contributed by atoms with van der Waals surface area (Å²) < 4.78 is 0. The Morgan fingerprint density at radius 2 is 1.74 bits per heavy atom. The summed E-state index contributed by atoms with van der Waals surface area (Å²) in [6.07, 6.45) is 11.1. The molecule has 224 valence electrons. The van der Waals surface area contributed by atoms with Crippen LogP contribution in [0, 0.1) is 5.92 Å². The number of benzene rings is 1. The van der Waals surface area contributed by atoms with E-state index in [1.54, 1.807) is 11.8 Å². The van der Waals surface area contributed by atoms with Crippen molar-refractivity contribution in [3.05, 3.63) is 36.4 Å². The highest BCUT2D eigenvalue weighted by Crippen LogP contribution is 2.33. The molecular formula is C30H55N5O3S. The molecule has 0 bridgehead atoms. The highest BCUT2D eigenvalue weighted by atomic mass is 32.2. The third-order valence-corrected chi connectivity index (χ3v) is 7.01. The quantitative estimate of drug-likeness (QED) is 0.0865. The van der Waals surface area contributed by atoms with E-state index in [0.29, 0.717) is 18.6 Å². The molecule has 1 aromatic carbocycles. The van der Waals surface area contributed by atoms with E-state index in [0.717, 1.165) is 41.6 Å². The van der Waals surface area contributed by atoms with Gasteiger partial charge in [0, 0.05) is 23.9 Å². The summed E-state index contributed by atoms with van der Waals surface area (Å²) in [6.45, 7) is 14.0. The van der Waals surface area contributed by atoms with Crippen molar-refractivity contribution in [3.8, 4) is 0 Å². The van der Waals surface area contributed by atoms with E-state index in [2.05, 4.69) is 66.4 Å². The molecule has 8 nitrogen and oxygen atoms in total. The van der Waals surface area contributed by atoms with Crippen molar-refractivity contribution in [2.45, 2.75) is 82.1 Å². The van der Waals surface area contributed by atoms with Gasteiger partial charge in [0.05, 0.1) is 5.69 Å². The highest BCUT2D eigenvalue weighted by Gasteiger charge is 2.20. The predicted molar refractivity (Wildman–Crippen MR) is 170 cm³/mol. The predicted octanol–water partition coefficient (Wildman–Crippen LogP) is 5.03. The second kappa shape index (κ2) is 30.2. The Bertz CT molecular complexity index is 750. The van der Waals surface area contributed by atoms with Crippen LogP contribution in [0.2, 0.25) is 0 Å². The van der Waals surface area contributed by atoms with Crippen LogP contribution in [-0.2, 0) is 14.4 Å². The van der Waals surface area contributed by atoms with E-state index in [9.17, 15) is 4.79 Å². The molecule has 2 rings (SSSR count). The molecule has 1 amide bonds. The Labute approximate surface area is 242 Å². The molecule has 1 unspecified atom stereocenters. The first-order valence-corrected chi connectivity index (χ1v) is 14.6. The van der Waals surface area contributed by atoms with Gasteiger partial charge in [-0.05, 0) is 82.1 Å². The van der Waals surface area contributed by atoms with E-state index in [-0.39, 0.29) is 11.9 Å². The molecule has 1 fully saturated rings. The van der Waals surface area contributed by atoms with E-state index in [1.165, 1.54) is 57.8 Å². The monoisotopic (exact) mass is 565 g/mol. The minimum absolute atomic E-state index is 0.180. The number of nitrogens with one attached hydrogen (secondary N) is 2. The number of hydrogen-bond donors (Lipinski definition) is 4. The van der Waals surface area contributed by atoms with Crippen LogP contribution in [0.4, 0.5) is 5.69 Å². The molecule has 0 radical (unpaired) electrons. The van der Waals surface area contributed by atoms with Gasteiger partial charge in [0.15, 0.2) is 0 Å². The number of aldehydes is 1. The first-order chi connectivity index (χ1) is 18.9. The van der Waals surface area contributed by atoms with E-state index in [1.807, 2.05) is 19.9 Å². The number of allylic oxidation sites excluding steroid dienone is 1. The minimum Gasteiger partial charge on any atom is -0.352 e. The number of likely N-dealkylation sites (N-methyl/N-ethyl adjacent to an activating group) is 1. The van der Waals surface area contributed by atoms with Crippen molar-refractivity contribution in [1.82, 2.24) is 10.6 Å². The topological polar surface area (TPSA) is 140 Å². The number of carbonyl (C=O) groups is 3. The highest BCUT2D eigenvalue weighted by molar-refractivity contribution is 7.99. The second-order valence-electron chi connectivity index (χ2n) is 8.93. The average molecular weight is 566 g/mol. The lowest BCUT2D eigenvalue weighted by molar-refractivity contribution is -0.122. The van der Waals surface area contributed by atoms with Crippen LogP contribution in [0.25, 0.3) is 0 Å². The van der Waals surface area contributed by atoms with Gasteiger partial charge in [-0.25, -0.2) is 0 Å². The summed E-state index contributed by atoms with van der Waals surface area (Å²) >= 11 is 1.78. The number of rotatable bonds is 13. The Balaban J connectivity index is -0.00000114. The van der Waals surface area contributed by atoms with Crippen molar-refractivity contribution in [1.29, 1.82) is 0 Å². The van der Waals surface area contributed by atoms with Crippen LogP contribution in [-0.4, -0.2) is 65.2 Å². The second-order valence-corrected chi connectivity index (χ2v) is 10.1.